The van der Waals surface area contributed by atoms with E-state index in [4.69, 9.17) is 14.7 Å². The molecule has 4 aromatic carbocycles. The van der Waals surface area contributed by atoms with Gasteiger partial charge in [-0.05, 0) is 85.5 Å². The summed E-state index contributed by atoms with van der Waals surface area (Å²) in [7, 11) is 0. The molecular weight excluding hydrogens is 894 g/mol. The molecule has 0 saturated heterocycles. The monoisotopic (exact) mass is 946 g/mol. The second kappa shape index (κ2) is 14.6. The van der Waals surface area contributed by atoms with Crippen molar-refractivity contribution in [2.24, 2.45) is 0 Å². The van der Waals surface area contributed by atoms with Gasteiger partial charge in [-0.15, -0.1) is 23.6 Å². The van der Waals surface area contributed by atoms with Crippen molar-refractivity contribution in [3.05, 3.63) is 144 Å². The Bertz CT molecular complexity index is 2780. The molecule has 0 saturated carbocycles. The van der Waals surface area contributed by atoms with Crippen LogP contribution < -0.4 is 9.30 Å². The molecule has 58 heavy (non-hydrogen) atoms. The van der Waals surface area contributed by atoms with E-state index >= 15 is 0 Å². The molecule has 0 amide bonds. The molecule has 0 unspecified atom stereocenters. The number of hydrogen-bond donors (Lipinski definition) is 0. The van der Waals surface area contributed by atoms with Crippen LogP contribution in [0.1, 0.15) is 105 Å². The zero-order chi connectivity index (χ0) is 40.7. The van der Waals surface area contributed by atoms with E-state index in [-0.39, 0.29) is 42.7 Å². The number of pyridine rings is 2. The first-order chi connectivity index (χ1) is 26.8. The Labute approximate surface area is 358 Å². The number of imidazole rings is 1. The van der Waals surface area contributed by atoms with Gasteiger partial charge in [0.1, 0.15) is 5.82 Å². The SMILES string of the molecule is CC(C)(C)c1cc(-[n+]2[c-]n(-c3[c-]c(Oc4[c-]c5c(cc4)c4ccccc4n5-c4cc(C(C)(C)C)ccn4)cc(C(C)(C)C)n3)c3ccccc32)cc(C(C)(C)C)c1.[Pt]. The van der Waals surface area contributed by atoms with Gasteiger partial charge in [0.15, 0.2) is 0 Å². The summed E-state index contributed by atoms with van der Waals surface area (Å²) in [5.74, 6) is 2.59. The van der Waals surface area contributed by atoms with Gasteiger partial charge in [-0.25, -0.2) is 4.98 Å². The van der Waals surface area contributed by atoms with Crippen molar-refractivity contribution in [3.8, 4) is 28.8 Å². The van der Waals surface area contributed by atoms with Crippen LogP contribution in [0.4, 0.5) is 0 Å². The van der Waals surface area contributed by atoms with E-state index in [0.29, 0.717) is 17.3 Å². The third-order valence-corrected chi connectivity index (χ3v) is 10.8. The van der Waals surface area contributed by atoms with Gasteiger partial charge in [0.05, 0.1) is 22.5 Å². The van der Waals surface area contributed by atoms with Gasteiger partial charge in [0.2, 0.25) is 0 Å². The van der Waals surface area contributed by atoms with E-state index in [1.807, 2.05) is 22.9 Å². The number of aromatic nitrogens is 5. The first kappa shape index (κ1) is 41.1. The van der Waals surface area contributed by atoms with Crippen molar-refractivity contribution >= 4 is 32.8 Å². The summed E-state index contributed by atoms with van der Waals surface area (Å²) >= 11 is 0. The van der Waals surface area contributed by atoms with E-state index in [0.717, 1.165) is 50.0 Å². The van der Waals surface area contributed by atoms with Gasteiger partial charge in [-0.2, -0.15) is 12.1 Å². The van der Waals surface area contributed by atoms with Gasteiger partial charge in [0.25, 0.3) is 6.33 Å². The smallest absolute Gasteiger partial charge is 0.269 e. The molecule has 0 fully saturated rings. The van der Waals surface area contributed by atoms with Crippen molar-refractivity contribution < 1.29 is 30.4 Å². The van der Waals surface area contributed by atoms with Gasteiger partial charge < -0.3 is 9.30 Å². The first-order valence-corrected chi connectivity index (χ1v) is 19.9. The summed E-state index contributed by atoms with van der Waals surface area (Å²) in [4.78, 5) is 10.1. The van der Waals surface area contributed by atoms with Crippen LogP contribution in [-0.2, 0) is 42.7 Å². The van der Waals surface area contributed by atoms with Crippen molar-refractivity contribution in [3.63, 3.8) is 0 Å². The largest absolute Gasteiger partial charge is 0.522 e. The quantitative estimate of drug-likeness (QED) is 0.128. The van der Waals surface area contributed by atoms with Crippen molar-refractivity contribution in [2.75, 3.05) is 0 Å². The van der Waals surface area contributed by atoms with E-state index in [2.05, 4.69) is 196 Å². The van der Waals surface area contributed by atoms with Crippen molar-refractivity contribution in [2.45, 2.75) is 105 Å². The summed E-state index contributed by atoms with van der Waals surface area (Å²) < 4.78 is 13.1. The van der Waals surface area contributed by atoms with E-state index in [1.165, 1.54) is 16.7 Å². The predicted octanol–water partition coefficient (Wildman–Crippen LogP) is 12.2. The van der Waals surface area contributed by atoms with Crippen LogP contribution in [0.5, 0.6) is 11.5 Å². The number of nitrogens with zero attached hydrogens (tertiary/aromatic N) is 5. The van der Waals surface area contributed by atoms with Crippen molar-refractivity contribution in [1.82, 2.24) is 19.1 Å². The predicted molar refractivity (Wildman–Crippen MR) is 233 cm³/mol. The first-order valence-electron chi connectivity index (χ1n) is 19.9. The number of benzene rings is 4. The van der Waals surface area contributed by atoms with Crippen LogP contribution in [0.2, 0.25) is 0 Å². The fourth-order valence-corrected chi connectivity index (χ4v) is 7.30. The molecule has 0 aliphatic heterocycles. The van der Waals surface area contributed by atoms with Crippen molar-refractivity contribution in [1.29, 1.82) is 0 Å². The summed E-state index contributed by atoms with van der Waals surface area (Å²) in [6.07, 6.45) is 5.59. The molecule has 8 rings (SSSR count). The summed E-state index contributed by atoms with van der Waals surface area (Å²) in [6.45, 7) is 26.8. The van der Waals surface area contributed by atoms with Gasteiger partial charge in [-0.1, -0.05) is 137 Å². The maximum Gasteiger partial charge on any atom is 0.269 e. The average Bonchev–Trinajstić information content (AvgIpc) is 3.69. The van der Waals surface area contributed by atoms with E-state index < -0.39 is 0 Å². The molecule has 0 spiro atoms. The van der Waals surface area contributed by atoms with Gasteiger partial charge in [0, 0.05) is 38.5 Å². The Kier molecular flexibility index (Phi) is 10.4. The number of ether oxygens (including phenoxy) is 1. The molecule has 300 valence electrons. The average molecular weight is 947 g/mol. The van der Waals surface area contributed by atoms with Crippen LogP contribution >= 0.6 is 0 Å². The molecule has 4 heterocycles. The summed E-state index contributed by atoms with van der Waals surface area (Å²) in [5.41, 5.74) is 9.33. The molecule has 7 heteroatoms. The Morgan fingerprint density at radius 1 is 0.586 bits per heavy atom. The molecule has 0 atom stereocenters. The Morgan fingerprint density at radius 2 is 1.22 bits per heavy atom. The Balaban J connectivity index is 0.00000512. The summed E-state index contributed by atoms with van der Waals surface area (Å²) in [6, 6.07) is 41.3. The Morgan fingerprint density at radius 3 is 1.88 bits per heavy atom. The fourth-order valence-electron chi connectivity index (χ4n) is 7.30. The second-order valence-electron chi connectivity index (χ2n) is 19.4. The minimum Gasteiger partial charge on any atom is -0.522 e. The third-order valence-electron chi connectivity index (χ3n) is 10.8. The van der Waals surface area contributed by atoms with Gasteiger partial charge in [-0.3, -0.25) is 14.1 Å². The molecule has 6 nitrogen and oxygen atoms in total. The standard InChI is InChI=1S/C51H53N5O.Pt/c1-48(2,3)33-23-24-52-46(28-33)56-41-18-14-13-17-39(41)40-22-21-37(29-44(40)56)57-38-30-45(51(10,11)12)53-47(31-38)55-32-54(42-19-15-16-20-43(42)55)36-26-34(49(4,5)6)25-35(27-36)50(7,8)9;/h13-28,30H,1-12H3;/q-2;. The fraction of sp³-hybridized carbons (Fsp3) is 0.314. The molecule has 4 aromatic heterocycles. The number of rotatable bonds is 5. The van der Waals surface area contributed by atoms with Gasteiger partial charge >= 0.3 is 0 Å². The molecule has 0 N–H and O–H groups in total. The molecule has 0 radical (unpaired) electrons. The maximum atomic E-state index is 6.74. The maximum absolute atomic E-state index is 6.74. The Hall–Kier alpha value is -5.06. The zero-order valence-corrected chi connectivity index (χ0v) is 38.0. The number of para-hydroxylation sites is 3. The van der Waals surface area contributed by atoms with Crippen LogP contribution in [0.3, 0.4) is 0 Å². The second-order valence-corrected chi connectivity index (χ2v) is 19.4. The molecule has 8 aromatic rings. The normalized spacial score (nSPS) is 12.7. The minimum absolute atomic E-state index is 0. The molecular formula is C51H53N5OPt-2. The van der Waals surface area contributed by atoms with Crippen LogP contribution in [-0.4, -0.2) is 19.1 Å². The minimum atomic E-state index is -0.270. The van der Waals surface area contributed by atoms with E-state index in [9.17, 15) is 0 Å². The molecule has 0 aliphatic carbocycles. The third kappa shape index (κ3) is 7.76. The topological polar surface area (TPSA) is 48.8 Å². The van der Waals surface area contributed by atoms with Crippen LogP contribution in [0, 0.1) is 18.5 Å². The van der Waals surface area contributed by atoms with E-state index in [1.54, 1.807) is 0 Å². The van der Waals surface area contributed by atoms with Crippen LogP contribution in [0.15, 0.2) is 103 Å². The van der Waals surface area contributed by atoms with Crippen LogP contribution in [0.25, 0.3) is 50.2 Å². The molecule has 0 aliphatic rings. The number of hydrogen-bond acceptors (Lipinski definition) is 3. The zero-order valence-electron chi connectivity index (χ0n) is 35.8. The molecule has 0 bridgehead atoms. The number of fused-ring (bicyclic) bond motifs is 4. The summed E-state index contributed by atoms with van der Waals surface area (Å²) in [5, 5.41) is 2.22.